The third-order valence-corrected chi connectivity index (χ3v) is 2.48. The molecular weight excluding hydrogens is 251 g/mol. The summed E-state index contributed by atoms with van der Waals surface area (Å²) in [6.07, 6.45) is 3.56. The van der Waals surface area contributed by atoms with Crippen LogP contribution in [0.25, 0.3) is 0 Å². The number of benzene rings is 1. The number of allylic oxidation sites excluding steroid dienone is 4. The Bertz CT molecular complexity index is 524. The van der Waals surface area contributed by atoms with Crippen LogP contribution in [-0.2, 0) is 4.65 Å². The molecule has 1 aromatic carbocycles. The molecule has 0 aromatic heterocycles. The van der Waals surface area contributed by atoms with E-state index in [0.29, 0.717) is 5.47 Å². The second-order valence-electron chi connectivity index (χ2n) is 4.19. The second kappa shape index (κ2) is 9.03. The molecule has 0 bridgehead atoms. The van der Waals surface area contributed by atoms with Gasteiger partial charge in [-0.3, -0.25) is 0 Å². The lowest BCUT2D eigenvalue weighted by Crippen LogP contribution is -2.20. The van der Waals surface area contributed by atoms with Crippen LogP contribution in [0.1, 0.15) is 20.8 Å². The summed E-state index contributed by atoms with van der Waals surface area (Å²) in [7, 11) is -0.948. The van der Waals surface area contributed by atoms with Crippen molar-refractivity contribution in [3.05, 3.63) is 53.7 Å². The highest BCUT2D eigenvalue weighted by molar-refractivity contribution is 6.52. The monoisotopic (exact) mass is 270 g/mol. The van der Waals surface area contributed by atoms with Crippen molar-refractivity contribution >= 4 is 7.12 Å². The smallest absolute Gasteiger partial charge is 0.462 e. The largest absolute Gasteiger partial charge is 0.487 e. The lowest BCUT2D eigenvalue weighted by atomic mass is 9.79. The molecule has 1 aromatic rings. The van der Waals surface area contributed by atoms with Crippen LogP contribution in [0, 0.1) is 11.8 Å². The summed E-state index contributed by atoms with van der Waals surface area (Å²) in [5, 5.41) is 9.72. The topological polar surface area (TPSA) is 38.7 Å². The lowest BCUT2D eigenvalue weighted by molar-refractivity contribution is 0.305. The lowest BCUT2D eigenvalue weighted by Gasteiger charge is -2.06. The molecule has 0 atom stereocenters. The van der Waals surface area contributed by atoms with Gasteiger partial charge in [0.1, 0.15) is 11.5 Å². The Balaban J connectivity index is 2.54. The zero-order valence-corrected chi connectivity index (χ0v) is 12.1. The van der Waals surface area contributed by atoms with Gasteiger partial charge in [-0.15, -0.1) is 5.92 Å². The molecule has 0 spiro atoms. The van der Waals surface area contributed by atoms with E-state index in [0.717, 1.165) is 11.5 Å². The van der Waals surface area contributed by atoms with Gasteiger partial charge < -0.3 is 14.4 Å². The molecule has 0 heterocycles. The molecular formula is C16H19BO3. The molecule has 104 valence electrons. The normalized spacial score (nSPS) is 11.6. The number of rotatable bonds is 6. The maximum atomic E-state index is 9.72. The van der Waals surface area contributed by atoms with Gasteiger partial charge in [0.15, 0.2) is 0 Å². The quantitative estimate of drug-likeness (QED) is 0.374. The number of hydrogen-bond donors (Lipinski definition) is 1. The summed E-state index contributed by atoms with van der Waals surface area (Å²) in [5.41, 5.74) is 0.693. The maximum Gasteiger partial charge on any atom is 0.487 e. The van der Waals surface area contributed by atoms with E-state index in [9.17, 15) is 5.02 Å². The van der Waals surface area contributed by atoms with Crippen molar-refractivity contribution in [2.75, 3.05) is 6.61 Å². The zero-order valence-electron chi connectivity index (χ0n) is 12.1. The van der Waals surface area contributed by atoms with Gasteiger partial charge in [0.05, 0.1) is 6.61 Å². The predicted molar refractivity (Wildman–Crippen MR) is 82.0 cm³/mol. The molecule has 3 nitrogen and oxygen atoms in total. The Labute approximate surface area is 121 Å². The number of ether oxygens (including phenoxy) is 1. The first-order valence-electron chi connectivity index (χ1n) is 6.40. The van der Waals surface area contributed by atoms with Crippen LogP contribution in [0.5, 0.6) is 5.75 Å². The first kappa shape index (κ1) is 16.1. The van der Waals surface area contributed by atoms with Gasteiger partial charge in [-0.05, 0) is 44.5 Å². The molecule has 4 heteroatoms. The van der Waals surface area contributed by atoms with Crippen LogP contribution in [0.2, 0.25) is 0 Å². The fraction of sp³-hybridized carbons (Fsp3) is 0.250. The Kier molecular flexibility index (Phi) is 7.27. The molecule has 0 aliphatic rings. The minimum atomic E-state index is -0.948. The van der Waals surface area contributed by atoms with E-state index in [-0.39, 0.29) is 6.61 Å². The molecule has 20 heavy (non-hydrogen) atoms. The van der Waals surface area contributed by atoms with Crippen LogP contribution in [-0.4, -0.2) is 18.7 Å². The molecule has 0 saturated carbocycles. The van der Waals surface area contributed by atoms with Crippen molar-refractivity contribution in [1.82, 2.24) is 0 Å². The Hall–Kier alpha value is -1.96. The van der Waals surface area contributed by atoms with Gasteiger partial charge in [-0.1, -0.05) is 30.2 Å². The van der Waals surface area contributed by atoms with E-state index < -0.39 is 7.12 Å². The molecule has 0 radical (unpaired) electrons. The second-order valence-corrected chi connectivity index (χ2v) is 4.19. The van der Waals surface area contributed by atoms with Crippen molar-refractivity contribution in [1.29, 1.82) is 0 Å². The van der Waals surface area contributed by atoms with Gasteiger partial charge in [0.2, 0.25) is 0 Å². The summed E-state index contributed by atoms with van der Waals surface area (Å²) in [6.45, 7) is 5.58. The number of hydrogen-bond acceptors (Lipinski definition) is 3. The van der Waals surface area contributed by atoms with Gasteiger partial charge in [0.25, 0.3) is 0 Å². The predicted octanol–water partition coefficient (Wildman–Crippen LogP) is 2.98. The van der Waals surface area contributed by atoms with E-state index in [1.165, 1.54) is 0 Å². The Morgan fingerprint density at radius 1 is 1.25 bits per heavy atom. The molecule has 0 saturated heterocycles. The maximum absolute atomic E-state index is 9.72. The van der Waals surface area contributed by atoms with Crippen molar-refractivity contribution in [3.8, 4) is 17.6 Å². The minimum absolute atomic E-state index is 0.214. The number of para-hydroxylation sites is 1. The van der Waals surface area contributed by atoms with E-state index in [2.05, 4.69) is 11.8 Å². The highest BCUT2D eigenvalue weighted by Gasteiger charge is 2.13. The SMILES string of the molecule is CC#CCOB(O)/C(C)=C/C=C(\C)Oc1ccccc1. The summed E-state index contributed by atoms with van der Waals surface area (Å²) in [4.78, 5) is 0. The van der Waals surface area contributed by atoms with E-state index in [1.807, 2.05) is 37.3 Å². The van der Waals surface area contributed by atoms with E-state index >= 15 is 0 Å². The summed E-state index contributed by atoms with van der Waals surface area (Å²) >= 11 is 0. The van der Waals surface area contributed by atoms with Crippen LogP contribution < -0.4 is 4.74 Å². The zero-order chi connectivity index (χ0) is 14.8. The van der Waals surface area contributed by atoms with Gasteiger partial charge in [-0.25, -0.2) is 0 Å². The Morgan fingerprint density at radius 2 is 1.95 bits per heavy atom. The fourth-order valence-corrected chi connectivity index (χ4v) is 1.36. The average molecular weight is 270 g/mol. The van der Waals surface area contributed by atoms with Crippen molar-refractivity contribution in [3.63, 3.8) is 0 Å². The average Bonchev–Trinajstić information content (AvgIpc) is 2.46. The summed E-state index contributed by atoms with van der Waals surface area (Å²) < 4.78 is 10.8. The van der Waals surface area contributed by atoms with Crippen molar-refractivity contribution < 1.29 is 14.4 Å². The minimum Gasteiger partial charge on any atom is -0.462 e. The molecule has 1 N–H and O–H groups in total. The summed E-state index contributed by atoms with van der Waals surface area (Å²) in [5.74, 6) is 6.95. The van der Waals surface area contributed by atoms with Gasteiger partial charge in [-0.2, -0.15) is 0 Å². The van der Waals surface area contributed by atoms with Gasteiger partial charge >= 0.3 is 7.12 Å². The van der Waals surface area contributed by atoms with Crippen molar-refractivity contribution in [2.24, 2.45) is 0 Å². The third kappa shape index (κ3) is 6.28. The van der Waals surface area contributed by atoms with Crippen LogP contribution >= 0.6 is 0 Å². The standard InChI is InChI=1S/C16H19BO3/c1-4-5-13-19-17(18)14(2)11-12-15(3)20-16-9-7-6-8-10-16/h6-12,18H,13H2,1-3H3/b14-11+,15-12+. The summed E-state index contributed by atoms with van der Waals surface area (Å²) in [6, 6.07) is 9.53. The molecule has 1 rings (SSSR count). The van der Waals surface area contributed by atoms with Crippen LogP contribution in [0.4, 0.5) is 0 Å². The van der Waals surface area contributed by atoms with Crippen LogP contribution in [0.15, 0.2) is 53.7 Å². The molecule has 0 fully saturated rings. The molecule has 0 aliphatic carbocycles. The van der Waals surface area contributed by atoms with Crippen molar-refractivity contribution in [2.45, 2.75) is 20.8 Å². The Morgan fingerprint density at radius 3 is 2.60 bits per heavy atom. The first-order valence-corrected chi connectivity index (χ1v) is 6.40. The molecule has 0 amide bonds. The highest BCUT2D eigenvalue weighted by atomic mass is 16.5. The molecule has 0 aliphatic heterocycles. The van der Waals surface area contributed by atoms with Gasteiger partial charge in [0, 0.05) is 0 Å². The van der Waals surface area contributed by atoms with Crippen LogP contribution in [0.3, 0.4) is 0 Å². The van der Waals surface area contributed by atoms with E-state index in [4.69, 9.17) is 9.39 Å². The van der Waals surface area contributed by atoms with E-state index in [1.54, 1.807) is 26.0 Å². The molecule has 0 unspecified atom stereocenters. The first-order chi connectivity index (χ1) is 9.63. The third-order valence-electron chi connectivity index (χ3n) is 2.48. The fourth-order valence-electron chi connectivity index (χ4n) is 1.36. The highest BCUT2D eigenvalue weighted by Crippen LogP contribution is 2.12.